The number of carbonyl (C=O) groups is 1. The number of nitrogens with zero attached hydrogens (tertiary/aromatic N) is 2. The molecule has 2 aromatic rings. The molecule has 2 heterocycles. The number of benzene rings is 1. The summed E-state index contributed by atoms with van der Waals surface area (Å²) in [5, 5.41) is 4.22. The van der Waals surface area contributed by atoms with Gasteiger partial charge in [0.15, 0.2) is 0 Å². The van der Waals surface area contributed by atoms with Gasteiger partial charge in [-0.15, -0.1) is 0 Å². The van der Waals surface area contributed by atoms with E-state index in [-0.39, 0.29) is 5.91 Å². The average molecular weight is 364 g/mol. The van der Waals surface area contributed by atoms with E-state index in [1.807, 2.05) is 4.90 Å². The lowest BCUT2D eigenvalue weighted by atomic mass is 9.99. The highest BCUT2D eigenvalue weighted by Crippen LogP contribution is 2.25. The van der Waals surface area contributed by atoms with Crippen LogP contribution in [0.1, 0.15) is 30.1 Å². The molecule has 126 valence electrons. The van der Waals surface area contributed by atoms with Crippen LogP contribution in [0.4, 0.5) is 11.5 Å². The fourth-order valence-corrected chi connectivity index (χ4v) is 3.33. The van der Waals surface area contributed by atoms with Gasteiger partial charge in [-0.2, -0.15) is 0 Å². The SMILES string of the molecule is CC1CCN(C(=O)c2ccnc(Nc3cc(Cl)cc(Cl)c3)c2)CC1. The van der Waals surface area contributed by atoms with E-state index in [2.05, 4.69) is 17.2 Å². The van der Waals surface area contributed by atoms with Crippen molar-refractivity contribution in [1.29, 1.82) is 0 Å². The Hall–Kier alpha value is -1.78. The molecule has 1 aliphatic heterocycles. The third-order valence-corrected chi connectivity index (χ3v) is 4.65. The second kappa shape index (κ2) is 7.41. The molecular weight excluding hydrogens is 345 g/mol. The Morgan fingerprint density at radius 2 is 1.83 bits per heavy atom. The molecule has 1 aromatic carbocycles. The molecule has 0 atom stereocenters. The first-order valence-electron chi connectivity index (χ1n) is 8.00. The number of rotatable bonds is 3. The minimum atomic E-state index is 0.0523. The van der Waals surface area contributed by atoms with Crippen LogP contribution in [0, 0.1) is 5.92 Å². The summed E-state index contributed by atoms with van der Waals surface area (Å²) >= 11 is 12.0. The van der Waals surface area contributed by atoms with Gasteiger partial charge in [-0.05, 0) is 49.1 Å². The summed E-state index contributed by atoms with van der Waals surface area (Å²) in [7, 11) is 0. The molecule has 3 rings (SSSR count). The molecule has 4 nitrogen and oxygen atoms in total. The number of pyridine rings is 1. The molecular formula is C18H19Cl2N3O. The van der Waals surface area contributed by atoms with Gasteiger partial charge >= 0.3 is 0 Å². The zero-order valence-electron chi connectivity index (χ0n) is 13.4. The molecule has 1 aliphatic rings. The molecule has 0 saturated carbocycles. The number of piperidine rings is 1. The van der Waals surface area contributed by atoms with E-state index in [0.29, 0.717) is 27.3 Å². The van der Waals surface area contributed by atoms with E-state index in [4.69, 9.17) is 23.2 Å². The Labute approximate surface area is 151 Å². The van der Waals surface area contributed by atoms with Crippen molar-refractivity contribution in [1.82, 2.24) is 9.88 Å². The van der Waals surface area contributed by atoms with Crippen LogP contribution >= 0.6 is 23.2 Å². The van der Waals surface area contributed by atoms with Gasteiger partial charge in [-0.1, -0.05) is 30.1 Å². The summed E-state index contributed by atoms with van der Waals surface area (Å²) in [5.74, 6) is 1.33. The zero-order valence-corrected chi connectivity index (χ0v) is 14.9. The molecule has 1 N–H and O–H groups in total. The van der Waals surface area contributed by atoms with Crippen molar-refractivity contribution < 1.29 is 4.79 Å². The number of carbonyl (C=O) groups excluding carboxylic acids is 1. The van der Waals surface area contributed by atoms with E-state index in [1.165, 1.54) is 0 Å². The molecule has 24 heavy (non-hydrogen) atoms. The summed E-state index contributed by atoms with van der Waals surface area (Å²) in [4.78, 5) is 18.8. The molecule has 0 unspecified atom stereocenters. The predicted molar refractivity (Wildman–Crippen MR) is 98.3 cm³/mol. The summed E-state index contributed by atoms with van der Waals surface area (Å²) in [6.45, 7) is 3.86. The number of anilines is 2. The Morgan fingerprint density at radius 3 is 2.50 bits per heavy atom. The smallest absolute Gasteiger partial charge is 0.254 e. The highest BCUT2D eigenvalue weighted by molar-refractivity contribution is 6.35. The fraction of sp³-hybridized carbons (Fsp3) is 0.333. The van der Waals surface area contributed by atoms with Gasteiger partial charge in [0.2, 0.25) is 0 Å². The van der Waals surface area contributed by atoms with Crippen molar-refractivity contribution >= 4 is 40.6 Å². The van der Waals surface area contributed by atoms with E-state index in [0.717, 1.165) is 31.6 Å². The van der Waals surface area contributed by atoms with Gasteiger partial charge < -0.3 is 10.2 Å². The monoisotopic (exact) mass is 363 g/mol. The van der Waals surface area contributed by atoms with Crippen LogP contribution in [-0.2, 0) is 0 Å². The first kappa shape index (κ1) is 17.1. The van der Waals surface area contributed by atoms with Gasteiger partial charge in [0.25, 0.3) is 5.91 Å². The van der Waals surface area contributed by atoms with Crippen LogP contribution in [0.15, 0.2) is 36.5 Å². The predicted octanol–water partition coefficient (Wildman–Crippen LogP) is 5.00. The van der Waals surface area contributed by atoms with E-state index in [9.17, 15) is 4.79 Å². The molecule has 0 aliphatic carbocycles. The van der Waals surface area contributed by atoms with Crippen molar-refractivity contribution in [2.45, 2.75) is 19.8 Å². The second-order valence-electron chi connectivity index (χ2n) is 6.19. The second-order valence-corrected chi connectivity index (χ2v) is 7.06. The third kappa shape index (κ3) is 4.19. The number of halogens is 2. The quantitative estimate of drug-likeness (QED) is 0.833. The van der Waals surface area contributed by atoms with Crippen LogP contribution < -0.4 is 5.32 Å². The normalized spacial score (nSPS) is 15.4. The molecule has 1 amide bonds. The fourth-order valence-electron chi connectivity index (χ4n) is 2.80. The maximum atomic E-state index is 12.6. The Bertz CT molecular complexity index is 723. The van der Waals surface area contributed by atoms with Gasteiger partial charge in [0.05, 0.1) is 0 Å². The van der Waals surface area contributed by atoms with Crippen LogP contribution in [-0.4, -0.2) is 28.9 Å². The molecule has 0 bridgehead atoms. The minimum Gasteiger partial charge on any atom is -0.340 e. The van der Waals surface area contributed by atoms with Gasteiger partial charge in [-0.3, -0.25) is 4.79 Å². The maximum absolute atomic E-state index is 12.6. The number of hydrogen-bond donors (Lipinski definition) is 1. The summed E-state index contributed by atoms with van der Waals surface area (Å²) in [6.07, 6.45) is 3.75. The Kier molecular flexibility index (Phi) is 5.27. The number of hydrogen-bond acceptors (Lipinski definition) is 3. The highest BCUT2D eigenvalue weighted by Gasteiger charge is 2.21. The average Bonchev–Trinajstić information content (AvgIpc) is 2.54. The van der Waals surface area contributed by atoms with Crippen LogP contribution in [0.5, 0.6) is 0 Å². The largest absolute Gasteiger partial charge is 0.340 e. The Morgan fingerprint density at radius 1 is 1.17 bits per heavy atom. The van der Waals surface area contributed by atoms with Crippen molar-refractivity contribution in [2.24, 2.45) is 5.92 Å². The number of aromatic nitrogens is 1. The topological polar surface area (TPSA) is 45.2 Å². The van der Waals surface area contributed by atoms with E-state index in [1.54, 1.807) is 36.5 Å². The first-order valence-corrected chi connectivity index (χ1v) is 8.75. The lowest BCUT2D eigenvalue weighted by Gasteiger charge is -2.30. The summed E-state index contributed by atoms with van der Waals surface area (Å²) in [6, 6.07) is 8.69. The summed E-state index contributed by atoms with van der Waals surface area (Å²) in [5.41, 5.74) is 1.37. The number of amides is 1. The standard InChI is InChI=1S/C18H19Cl2N3O/c1-12-3-6-23(7-4-12)18(24)13-2-5-21-17(8-13)22-16-10-14(19)9-15(20)11-16/h2,5,8-12H,3-4,6-7H2,1H3,(H,21,22). The van der Waals surface area contributed by atoms with Crippen molar-refractivity contribution in [2.75, 3.05) is 18.4 Å². The molecule has 0 radical (unpaired) electrons. The van der Waals surface area contributed by atoms with E-state index >= 15 is 0 Å². The van der Waals surface area contributed by atoms with Crippen molar-refractivity contribution in [3.05, 3.63) is 52.1 Å². The van der Waals surface area contributed by atoms with Crippen molar-refractivity contribution in [3.63, 3.8) is 0 Å². The summed E-state index contributed by atoms with van der Waals surface area (Å²) < 4.78 is 0. The first-order chi connectivity index (χ1) is 11.5. The zero-order chi connectivity index (χ0) is 17.1. The number of likely N-dealkylation sites (tertiary alicyclic amines) is 1. The van der Waals surface area contributed by atoms with Crippen LogP contribution in [0.3, 0.4) is 0 Å². The minimum absolute atomic E-state index is 0.0523. The van der Waals surface area contributed by atoms with Gasteiger partial charge in [-0.25, -0.2) is 4.98 Å². The lowest BCUT2D eigenvalue weighted by molar-refractivity contribution is 0.0697. The molecule has 0 spiro atoms. The molecule has 1 fully saturated rings. The molecule has 6 heteroatoms. The lowest BCUT2D eigenvalue weighted by Crippen LogP contribution is -2.37. The van der Waals surface area contributed by atoms with E-state index < -0.39 is 0 Å². The third-order valence-electron chi connectivity index (χ3n) is 4.21. The van der Waals surface area contributed by atoms with Gasteiger partial charge in [0.1, 0.15) is 5.82 Å². The van der Waals surface area contributed by atoms with Crippen LogP contribution in [0.2, 0.25) is 10.0 Å². The Balaban J connectivity index is 1.75. The van der Waals surface area contributed by atoms with Crippen LogP contribution in [0.25, 0.3) is 0 Å². The highest BCUT2D eigenvalue weighted by atomic mass is 35.5. The maximum Gasteiger partial charge on any atom is 0.254 e. The number of nitrogens with one attached hydrogen (secondary N) is 1. The molecule has 1 saturated heterocycles. The van der Waals surface area contributed by atoms with Crippen molar-refractivity contribution in [3.8, 4) is 0 Å². The molecule has 1 aromatic heterocycles. The van der Waals surface area contributed by atoms with Gasteiger partial charge in [0, 0.05) is 40.6 Å².